The first-order chi connectivity index (χ1) is 19.2. The van der Waals surface area contributed by atoms with Crippen molar-refractivity contribution in [3.63, 3.8) is 0 Å². The largest absolute Gasteiger partial charge is 0.437 e. The molecule has 208 valence electrons. The summed E-state index contributed by atoms with van der Waals surface area (Å²) in [5.74, 6) is 0.700. The number of hydrogen-bond acceptors (Lipinski definition) is 7. The Balaban J connectivity index is 1.48. The molecule has 0 radical (unpaired) electrons. The van der Waals surface area contributed by atoms with Gasteiger partial charge in [-0.2, -0.15) is 0 Å². The van der Waals surface area contributed by atoms with E-state index in [4.69, 9.17) is 9.72 Å². The summed E-state index contributed by atoms with van der Waals surface area (Å²) in [6, 6.07) is 12.5. The maximum atomic E-state index is 15.0. The Hall–Kier alpha value is -4.11. The van der Waals surface area contributed by atoms with Crippen LogP contribution in [0.25, 0.3) is 22.0 Å². The molecule has 8 nitrogen and oxygen atoms in total. The molecule has 1 aliphatic heterocycles. The molecule has 1 unspecified atom stereocenters. The minimum absolute atomic E-state index is 0.140. The van der Waals surface area contributed by atoms with Crippen molar-refractivity contribution < 1.29 is 13.9 Å². The third-order valence-electron chi connectivity index (χ3n) is 6.78. The first-order valence-corrected chi connectivity index (χ1v) is 13.6. The average Bonchev–Trinajstić information content (AvgIpc) is 2.92. The molecular weight excluding hydrogens is 507 g/mol. The fraction of sp³-hybridized carbons (Fsp3) is 0.355. The summed E-state index contributed by atoms with van der Waals surface area (Å²) in [4.78, 5) is 26.4. The maximum Gasteiger partial charge on any atom is 0.228 e. The average molecular weight is 543 g/mol. The zero-order valence-corrected chi connectivity index (χ0v) is 23.3. The number of aromatic nitrogens is 3. The van der Waals surface area contributed by atoms with E-state index in [0.29, 0.717) is 39.6 Å². The zero-order valence-electron chi connectivity index (χ0n) is 23.3. The second-order valence-corrected chi connectivity index (χ2v) is 11.4. The van der Waals surface area contributed by atoms with Crippen LogP contribution in [0.2, 0.25) is 0 Å². The number of anilines is 2. The Morgan fingerprint density at radius 1 is 1.10 bits per heavy atom. The molecule has 4 aromatic rings. The van der Waals surface area contributed by atoms with Gasteiger partial charge in [0.05, 0.1) is 16.9 Å². The van der Waals surface area contributed by atoms with Gasteiger partial charge in [-0.3, -0.25) is 4.79 Å². The molecule has 0 spiro atoms. The van der Waals surface area contributed by atoms with Crippen molar-refractivity contribution in [1.82, 2.24) is 20.3 Å². The van der Waals surface area contributed by atoms with Gasteiger partial charge in [0.25, 0.3) is 0 Å². The number of rotatable bonds is 7. The number of hydrogen-bond donors (Lipinski definition) is 3. The molecule has 1 atom stereocenters. The molecule has 1 aliphatic rings. The smallest absolute Gasteiger partial charge is 0.228 e. The number of nitrogens with one attached hydrogen (secondary N) is 3. The van der Waals surface area contributed by atoms with Gasteiger partial charge in [-0.1, -0.05) is 32.9 Å². The van der Waals surface area contributed by atoms with Gasteiger partial charge in [0, 0.05) is 42.2 Å². The van der Waals surface area contributed by atoms with Crippen LogP contribution >= 0.6 is 0 Å². The van der Waals surface area contributed by atoms with Crippen molar-refractivity contribution in [3.05, 3.63) is 66.2 Å². The number of halogens is 1. The summed E-state index contributed by atoms with van der Waals surface area (Å²) in [6.45, 7) is 9.72. The van der Waals surface area contributed by atoms with Crippen molar-refractivity contribution in [3.8, 4) is 22.9 Å². The monoisotopic (exact) mass is 542 g/mol. The van der Waals surface area contributed by atoms with Crippen LogP contribution < -0.4 is 20.7 Å². The lowest BCUT2D eigenvalue weighted by molar-refractivity contribution is -0.117. The highest BCUT2D eigenvalue weighted by Gasteiger charge is 2.21. The Bertz CT molecular complexity index is 1530. The van der Waals surface area contributed by atoms with Crippen molar-refractivity contribution in [2.75, 3.05) is 23.7 Å². The minimum Gasteiger partial charge on any atom is -0.437 e. The second kappa shape index (κ2) is 11.6. The lowest BCUT2D eigenvalue weighted by Crippen LogP contribution is -2.38. The first-order valence-electron chi connectivity index (χ1n) is 13.6. The number of benzene rings is 2. The van der Waals surface area contributed by atoms with Crippen LogP contribution in [-0.4, -0.2) is 40.0 Å². The number of amides is 1. The van der Waals surface area contributed by atoms with Crippen molar-refractivity contribution >= 4 is 28.3 Å². The normalized spacial score (nSPS) is 15.6. The molecule has 3 N–H and O–H groups in total. The van der Waals surface area contributed by atoms with Crippen LogP contribution in [0.5, 0.6) is 11.6 Å². The van der Waals surface area contributed by atoms with Crippen molar-refractivity contribution in [2.45, 2.75) is 53.0 Å². The third-order valence-corrected chi connectivity index (χ3v) is 6.78. The van der Waals surface area contributed by atoms with Gasteiger partial charge in [0.1, 0.15) is 11.6 Å². The van der Waals surface area contributed by atoms with E-state index >= 15 is 0 Å². The Kier molecular flexibility index (Phi) is 7.93. The number of carbonyl (C=O) groups excluding carboxylic acids is 1. The lowest BCUT2D eigenvalue weighted by Gasteiger charge is -2.23. The Morgan fingerprint density at radius 2 is 1.93 bits per heavy atom. The molecule has 1 fully saturated rings. The highest BCUT2D eigenvalue weighted by atomic mass is 19.1. The van der Waals surface area contributed by atoms with Crippen molar-refractivity contribution in [1.29, 1.82) is 0 Å². The van der Waals surface area contributed by atoms with E-state index in [0.717, 1.165) is 31.5 Å². The SMILES string of the molecule is Cc1ccc2c(NC(=O)CC(C)(C)C)c(F)ccc2c1Oc1ncccc1-c1ccnc(NC2CCCNC2)n1. The van der Waals surface area contributed by atoms with Crippen LogP contribution in [-0.2, 0) is 4.79 Å². The fourth-order valence-electron chi connectivity index (χ4n) is 4.89. The minimum atomic E-state index is -0.503. The highest BCUT2D eigenvalue weighted by molar-refractivity contribution is 6.05. The molecule has 0 aliphatic carbocycles. The van der Waals surface area contributed by atoms with Crippen LogP contribution in [0.3, 0.4) is 0 Å². The van der Waals surface area contributed by atoms with Gasteiger partial charge in [-0.15, -0.1) is 0 Å². The Morgan fingerprint density at radius 3 is 2.70 bits per heavy atom. The van der Waals surface area contributed by atoms with E-state index in [1.807, 2.05) is 52.0 Å². The summed E-state index contributed by atoms with van der Waals surface area (Å²) in [7, 11) is 0. The number of nitrogens with zero attached hydrogens (tertiary/aromatic N) is 3. The topological polar surface area (TPSA) is 101 Å². The number of aryl methyl sites for hydroxylation is 1. The Labute approximate surface area is 233 Å². The predicted octanol–water partition coefficient (Wildman–Crippen LogP) is 6.47. The van der Waals surface area contributed by atoms with Gasteiger partial charge < -0.3 is 20.7 Å². The molecule has 3 heterocycles. The third kappa shape index (κ3) is 6.37. The molecule has 9 heteroatoms. The molecule has 1 saturated heterocycles. The number of piperidine rings is 1. The molecule has 0 saturated carbocycles. The summed E-state index contributed by atoms with van der Waals surface area (Å²) < 4.78 is 21.4. The van der Waals surface area contributed by atoms with Gasteiger partial charge in [0.2, 0.25) is 17.7 Å². The van der Waals surface area contributed by atoms with Crippen LogP contribution in [0.1, 0.15) is 45.6 Å². The van der Waals surface area contributed by atoms with E-state index in [1.165, 1.54) is 6.07 Å². The van der Waals surface area contributed by atoms with Gasteiger partial charge in [-0.25, -0.2) is 19.3 Å². The number of fused-ring (bicyclic) bond motifs is 1. The summed E-state index contributed by atoms with van der Waals surface area (Å²) in [5, 5.41) is 10.8. The number of ether oxygens (including phenoxy) is 1. The second-order valence-electron chi connectivity index (χ2n) is 11.4. The van der Waals surface area contributed by atoms with E-state index < -0.39 is 5.82 Å². The quantitative estimate of drug-likeness (QED) is 0.246. The molecule has 1 amide bonds. The summed E-state index contributed by atoms with van der Waals surface area (Å²) in [5.41, 5.74) is 2.13. The molecule has 0 bridgehead atoms. The van der Waals surface area contributed by atoms with Gasteiger partial charge in [-0.05, 0) is 67.6 Å². The maximum absolute atomic E-state index is 15.0. The van der Waals surface area contributed by atoms with E-state index in [1.54, 1.807) is 24.5 Å². The summed E-state index contributed by atoms with van der Waals surface area (Å²) in [6.07, 6.45) is 5.80. The van der Waals surface area contributed by atoms with Crippen molar-refractivity contribution in [2.24, 2.45) is 5.41 Å². The molecule has 2 aromatic heterocycles. The highest BCUT2D eigenvalue weighted by Crippen LogP contribution is 2.39. The fourth-order valence-corrected chi connectivity index (χ4v) is 4.89. The summed E-state index contributed by atoms with van der Waals surface area (Å²) >= 11 is 0. The number of pyridine rings is 1. The van der Waals surface area contributed by atoms with E-state index in [2.05, 4.69) is 25.9 Å². The molecular formula is C31H35FN6O2. The first kappa shape index (κ1) is 27.5. The molecule has 5 rings (SSSR count). The van der Waals surface area contributed by atoms with Gasteiger partial charge >= 0.3 is 0 Å². The predicted molar refractivity (Wildman–Crippen MR) is 156 cm³/mol. The van der Waals surface area contributed by atoms with Crippen LogP contribution in [0.15, 0.2) is 54.9 Å². The zero-order chi connectivity index (χ0) is 28.3. The van der Waals surface area contributed by atoms with Gasteiger partial charge in [0.15, 0.2) is 0 Å². The van der Waals surface area contributed by atoms with Crippen LogP contribution in [0.4, 0.5) is 16.0 Å². The molecule has 2 aromatic carbocycles. The van der Waals surface area contributed by atoms with Crippen LogP contribution in [0, 0.1) is 18.2 Å². The van der Waals surface area contributed by atoms with E-state index in [9.17, 15) is 9.18 Å². The van der Waals surface area contributed by atoms with E-state index in [-0.39, 0.29) is 29.5 Å². The lowest BCUT2D eigenvalue weighted by atomic mass is 9.92. The molecule has 40 heavy (non-hydrogen) atoms. The number of carbonyl (C=O) groups is 1. The standard InChI is InChI=1S/C31H35FN6O2/c1-19-9-10-21-22(11-12-24(32)27(21)38-26(39)17-31(2,3)4)28(19)40-29-23(8-6-15-34-29)25-13-16-35-30(37-25)36-20-7-5-14-33-18-20/h6,8-13,15-16,20,33H,5,7,14,17-18H2,1-4H3,(H,38,39)(H,35,36,37).